The lowest BCUT2D eigenvalue weighted by molar-refractivity contribution is 0.243. The summed E-state index contributed by atoms with van der Waals surface area (Å²) in [4.78, 5) is 5.51. The van der Waals surface area contributed by atoms with E-state index in [-0.39, 0.29) is 6.10 Å². The Morgan fingerprint density at radius 2 is 1.91 bits per heavy atom. The van der Waals surface area contributed by atoms with Gasteiger partial charge in [-0.05, 0) is 45.4 Å². The molecule has 0 spiro atoms. The van der Waals surface area contributed by atoms with Crippen LogP contribution < -0.4 is 10.2 Å². The smallest absolute Gasteiger partial charge is 0.203 e. The number of aryl methyl sites for hydroxylation is 2. The Balaban J connectivity index is 2.11. The van der Waals surface area contributed by atoms with Crippen molar-refractivity contribution >= 4 is 45.9 Å². The van der Waals surface area contributed by atoms with E-state index in [2.05, 4.69) is 15.5 Å². The molecule has 1 aromatic heterocycles. The first kappa shape index (κ1) is 17.1. The summed E-state index contributed by atoms with van der Waals surface area (Å²) in [6.07, 6.45) is 1.65. The molecular weight excluding hydrogens is 341 g/mol. The van der Waals surface area contributed by atoms with E-state index >= 15 is 0 Å². The van der Waals surface area contributed by atoms with Crippen molar-refractivity contribution in [3.05, 3.63) is 38.3 Å². The number of aromatic nitrogens is 1. The van der Waals surface area contributed by atoms with Crippen molar-refractivity contribution in [1.29, 1.82) is 0 Å². The zero-order valence-electron chi connectivity index (χ0n) is 12.8. The Hall–Kier alpha value is -1.30. The predicted molar refractivity (Wildman–Crippen MR) is 95.0 cm³/mol. The second-order valence-corrected chi connectivity index (χ2v) is 7.03. The molecule has 4 nitrogen and oxygen atoms in total. The molecule has 7 heteroatoms. The SMILES string of the molecule is Cc1nc(N/N=C\c2cc(Cl)c(OC(C)C)c(Cl)c2)sc1C. The van der Waals surface area contributed by atoms with E-state index in [1.165, 1.54) is 4.88 Å². The number of rotatable bonds is 5. The molecule has 2 aromatic rings. The normalized spacial score (nSPS) is 11.4. The Morgan fingerprint density at radius 1 is 1.27 bits per heavy atom. The summed E-state index contributed by atoms with van der Waals surface area (Å²) in [6, 6.07) is 3.52. The molecule has 0 aliphatic rings. The van der Waals surface area contributed by atoms with E-state index < -0.39 is 0 Å². The minimum atomic E-state index is 0.00701. The quantitative estimate of drug-likeness (QED) is 0.583. The molecule has 0 saturated carbocycles. The third-order valence-electron chi connectivity index (χ3n) is 2.78. The summed E-state index contributed by atoms with van der Waals surface area (Å²) in [5, 5.41) is 5.83. The fourth-order valence-corrected chi connectivity index (χ4v) is 3.04. The van der Waals surface area contributed by atoms with Crippen LogP contribution in [0.25, 0.3) is 0 Å². The number of ether oxygens (including phenoxy) is 1. The summed E-state index contributed by atoms with van der Waals surface area (Å²) < 4.78 is 5.59. The molecular formula is C15H17Cl2N3OS. The summed E-state index contributed by atoms with van der Waals surface area (Å²) in [5.41, 5.74) is 4.68. The van der Waals surface area contributed by atoms with E-state index in [1.807, 2.05) is 27.7 Å². The molecule has 1 N–H and O–H groups in total. The molecule has 1 heterocycles. The maximum absolute atomic E-state index is 6.20. The Morgan fingerprint density at radius 3 is 2.41 bits per heavy atom. The topological polar surface area (TPSA) is 46.5 Å². The number of hydrogen-bond acceptors (Lipinski definition) is 5. The molecule has 0 atom stereocenters. The van der Waals surface area contributed by atoms with Gasteiger partial charge in [0.1, 0.15) is 0 Å². The summed E-state index contributed by atoms with van der Waals surface area (Å²) in [7, 11) is 0. The number of nitrogens with one attached hydrogen (secondary N) is 1. The van der Waals surface area contributed by atoms with Gasteiger partial charge in [0.25, 0.3) is 0 Å². The van der Waals surface area contributed by atoms with Crippen LogP contribution in [0.3, 0.4) is 0 Å². The Bertz CT molecular complexity index is 656. The molecule has 0 fully saturated rings. The van der Waals surface area contributed by atoms with Crippen LogP contribution in [0.5, 0.6) is 5.75 Å². The molecule has 22 heavy (non-hydrogen) atoms. The second kappa shape index (κ2) is 7.31. The third-order valence-corrected chi connectivity index (χ3v) is 4.32. The zero-order chi connectivity index (χ0) is 16.3. The van der Waals surface area contributed by atoms with Crippen molar-refractivity contribution in [1.82, 2.24) is 4.98 Å². The number of anilines is 1. The van der Waals surface area contributed by atoms with Crippen molar-refractivity contribution in [3.8, 4) is 5.75 Å². The number of hydrogen-bond donors (Lipinski definition) is 1. The predicted octanol–water partition coefficient (Wildman–Crippen LogP) is 5.30. The van der Waals surface area contributed by atoms with Gasteiger partial charge in [0, 0.05) is 4.88 Å². The fourth-order valence-electron chi connectivity index (χ4n) is 1.68. The van der Waals surface area contributed by atoms with E-state index in [0.29, 0.717) is 15.8 Å². The van der Waals surface area contributed by atoms with Gasteiger partial charge in [-0.3, -0.25) is 5.43 Å². The van der Waals surface area contributed by atoms with Gasteiger partial charge in [-0.25, -0.2) is 4.98 Å². The van der Waals surface area contributed by atoms with Gasteiger partial charge in [-0.1, -0.05) is 23.2 Å². The van der Waals surface area contributed by atoms with Crippen molar-refractivity contribution in [2.24, 2.45) is 5.10 Å². The van der Waals surface area contributed by atoms with Gasteiger partial charge in [0.05, 0.1) is 28.1 Å². The first-order valence-electron chi connectivity index (χ1n) is 6.75. The monoisotopic (exact) mass is 357 g/mol. The zero-order valence-corrected chi connectivity index (χ0v) is 15.1. The minimum absolute atomic E-state index is 0.00701. The van der Waals surface area contributed by atoms with Crippen molar-refractivity contribution < 1.29 is 4.74 Å². The van der Waals surface area contributed by atoms with E-state index in [0.717, 1.165) is 16.4 Å². The van der Waals surface area contributed by atoms with Crippen LogP contribution in [-0.2, 0) is 0 Å². The summed E-state index contributed by atoms with van der Waals surface area (Å²) >= 11 is 14.0. The number of thiazole rings is 1. The van der Waals surface area contributed by atoms with Gasteiger partial charge in [0.15, 0.2) is 5.75 Å². The van der Waals surface area contributed by atoms with Crippen molar-refractivity contribution in [2.75, 3.05) is 5.43 Å². The van der Waals surface area contributed by atoms with Crippen LogP contribution in [0, 0.1) is 13.8 Å². The van der Waals surface area contributed by atoms with Crippen LogP contribution in [0.15, 0.2) is 17.2 Å². The average Bonchev–Trinajstić information content (AvgIpc) is 2.73. The highest BCUT2D eigenvalue weighted by Crippen LogP contribution is 2.34. The molecule has 0 radical (unpaired) electrons. The molecule has 0 bridgehead atoms. The first-order chi connectivity index (χ1) is 10.4. The lowest BCUT2D eigenvalue weighted by Crippen LogP contribution is -2.06. The summed E-state index contributed by atoms with van der Waals surface area (Å²) in [6.45, 7) is 7.83. The molecule has 0 aliphatic heterocycles. The van der Waals surface area contributed by atoms with Gasteiger partial charge in [-0.2, -0.15) is 5.10 Å². The molecule has 0 unspecified atom stereocenters. The number of nitrogens with zero attached hydrogens (tertiary/aromatic N) is 2. The lowest BCUT2D eigenvalue weighted by Gasteiger charge is -2.13. The molecule has 2 rings (SSSR count). The van der Waals surface area contributed by atoms with E-state index in [9.17, 15) is 0 Å². The standard InChI is InChI=1S/C15H17Cl2N3OS/c1-8(2)21-14-12(16)5-11(6-13(14)17)7-18-20-15-19-9(3)10(4)22-15/h5-8H,1-4H3,(H,19,20)/b18-7-. The van der Waals surface area contributed by atoms with Gasteiger partial charge in [-0.15, -0.1) is 11.3 Å². The van der Waals surface area contributed by atoms with Crippen LogP contribution in [0.1, 0.15) is 30.0 Å². The number of halogens is 2. The second-order valence-electron chi connectivity index (χ2n) is 5.01. The molecule has 1 aromatic carbocycles. The Kier molecular flexibility index (Phi) is 5.67. The van der Waals surface area contributed by atoms with E-state index in [1.54, 1.807) is 29.7 Å². The van der Waals surface area contributed by atoms with Gasteiger partial charge < -0.3 is 4.74 Å². The molecule has 0 aliphatic carbocycles. The average molecular weight is 358 g/mol. The van der Waals surface area contributed by atoms with Crippen LogP contribution >= 0.6 is 34.5 Å². The minimum Gasteiger partial charge on any atom is -0.488 e. The van der Waals surface area contributed by atoms with Crippen LogP contribution in [0.2, 0.25) is 10.0 Å². The maximum Gasteiger partial charge on any atom is 0.203 e. The van der Waals surface area contributed by atoms with Gasteiger partial charge >= 0.3 is 0 Å². The third kappa shape index (κ3) is 4.35. The number of hydrazone groups is 1. The molecule has 0 saturated heterocycles. The first-order valence-corrected chi connectivity index (χ1v) is 8.33. The maximum atomic E-state index is 6.20. The Labute approximate surface area is 144 Å². The molecule has 0 amide bonds. The largest absolute Gasteiger partial charge is 0.488 e. The van der Waals surface area contributed by atoms with Crippen LogP contribution in [0.4, 0.5) is 5.13 Å². The highest BCUT2D eigenvalue weighted by molar-refractivity contribution is 7.15. The molecule has 118 valence electrons. The van der Waals surface area contributed by atoms with Crippen LogP contribution in [-0.4, -0.2) is 17.3 Å². The van der Waals surface area contributed by atoms with Crippen molar-refractivity contribution in [2.45, 2.75) is 33.8 Å². The highest BCUT2D eigenvalue weighted by Gasteiger charge is 2.10. The van der Waals surface area contributed by atoms with E-state index in [4.69, 9.17) is 27.9 Å². The highest BCUT2D eigenvalue weighted by atomic mass is 35.5. The number of benzene rings is 1. The van der Waals surface area contributed by atoms with Gasteiger partial charge in [0.2, 0.25) is 5.13 Å². The van der Waals surface area contributed by atoms with Crippen molar-refractivity contribution in [3.63, 3.8) is 0 Å². The summed E-state index contributed by atoms with van der Waals surface area (Å²) in [5.74, 6) is 0.495. The lowest BCUT2D eigenvalue weighted by atomic mass is 10.2. The fraction of sp³-hybridized carbons (Fsp3) is 0.333.